The van der Waals surface area contributed by atoms with Crippen LogP contribution in [0.1, 0.15) is 65.7 Å². The molecule has 2 rings (SSSR count). The summed E-state index contributed by atoms with van der Waals surface area (Å²) in [7, 11) is 0. The molecule has 3 heteroatoms. The van der Waals surface area contributed by atoms with E-state index in [9.17, 15) is 10.2 Å². The van der Waals surface area contributed by atoms with Crippen molar-refractivity contribution in [2.45, 2.75) is 65.7 Å². The van der Waals surface area contributed by atoms with E-state index < -0.39 is 0 Å². The summed E-state index contributed by atoms with van der Waals surface area (Å²) < 4.78 is 0. The molecular weight excluding hydrogens is 288 g/mol. The molecule has 0 saturated heterocycles. The molecule has 3 N–H and O–H groups in total. The van der Waals surface area contributed by atoms with Crippen LogP contribution in [0.4, 0.5) is 0 Å². The van der Waals surface area contributed by atoms with Gasteiger partial charge in [-0.2, -0.15) is 0 Å². The third-order valence-corrected chi connectivity index (χ3v) is 7.13. The Bertz CT molecular complexity index is 481. The minimum Gasteiger partial charge on any atom is -0.512 e. The van der Waals surface area contributed by atoms with Crippen molar-refractivity contribution in [3.8, 4) is 0 Å². The van der Waals surface area contributed by atoms with Gasteiger partial charge in [-0.05, 0) is 66.8 Å². The molecule has 3 nitrogen and oxygen atoms in total. The first-order valence-electron chi connectivity index (χ1n) is 9.09. The molecular formula is C20H34O3. The fourth-order valence-electron chi connectivity index (χ4n) is 5.20. The Kier molecular flexibility index (Phi) is 5.63. The van der Waals surface area contributed by atoms with Gasteiger partial charge in [0, 0.05) is 13.0 Å². The second-order valence-electron chi connectivity index (χ2n) is 8.27. The van der Waals surface area contributed by atoms with E-state index in [1.807, 2.05) is 0 Å². The van der Waals surface area contributed by atoms with Gasteiger partial charge in [0.1, 0.15) is 0 Å². The van der Waals surface area contributed by atoms with Crippen molar-refractivity contribution in [3.63, 3.8) is 0 Å². The van der Waals surface area contributed by atoms with Crippen LogP contribution >= 0.6 is 0 Å². The SMILES string of the molecule is C=C1CCCC2C1(C)CCC(C)C2(C)C/C(O)=C(/CO)CCO. The second-order valence-corrected chi connectivity index (χ2v) is 8.27. The zero-order chi connectivity index (χ0) is 17.3. The van der Waals surface area contributed by atoms with E-state index in [1.54, 1.807) is 0 Å². The molecule has 4 unspecified atom stereocenters. The fourth-order valence-corrected chi connectivity index (χ4v) is 5.20. The molecule has 0 aromatic heterocycles. The second kappa shape index (κ2) is 6.98. The lowest BCUT2D eigenvalue weighted by molar-refractivity contribution is -0.0542. The van der Waals surface area contributed by atoms with Crippen LogP contribution in [0.3, 0.4) is 0 Å². The summed E-state index contributed by atoms with van der Waals surface area (Å²) >= 11 is 0. The molecule has 0 aliphatic heterocycles. The molecule has 4 atom stereocenters. The van der Waals surface area contributed by atoms with Crippen molar-refractivity contribution < 1.29 is 15.3 Å². The lowest BCUT2D eigenvalue weighted by atomic mass is 9.46. The highest BCUT2D eigenvalue weighted by atomic mass is 16.3. The third-order valence-electron chi connectivity index (χ3n) is 7.13. The summed E-state index contributed by atoms with van der Waals surface area (Å²) in [5.74, 6) is 1.34. The molecule has 0 aromatic carbocycles. The monoisotopic (exact) mass is 322 g/mol. The Labute approximate surface area is 141 Å². The lowest BCUT2D eigenvalue weighted by Crippen LogP contribution is -2.50. The predicted octanol–water partition coefficient (Wildman–Crippen LogP) is 4.36. The van der Waals surface area contributed by atoms with Gasteiger partial charge < -0.3 is 15.3 Å². The van der Waals surface area contributed by atoms with Crippen LogP contribution in [0.5, 0.6) is 0 Å². The highest BCUT2D eigenvalue weighted by Crippen LogP contribution is 2.62. The first kappa shape index (κ1) is 18.5. The Morgan fingerprint density at radius 3 is 2.57 bits per heavy atom. The molecule has 132 valence electrons. The molecule has 0 spiro atoms. The van der Waals surface area contributed by atoms with Gasteiger partial charge >= 0.3 is 0 Å². The maximum absolute atomic E-state index is 10.6. The van der Waals surface area contributed by atoms with Crippen LogP contribution in [0.2, 0.25) is 0 Å². The van der Waals surface area contributed by atoms with Gasteiger partial charge in [-0.15, -0.1) is 0 Å². The Balaban J connectivity index is 2.34. The molecule has 0 bridgehead atoms. The normalized spacial score (nSPS) is 38.9. The van der Waals surface area contributed by atoms with Crippen LogP contribution in [-0.2, 0) is 0 Å². The van der Waals surface area contributed by atoms with Crippen molar-refractivity contribution >= 4 is 0 Å². The number of aliphatic hydroxyl groups excluding tert-OH is 3. The van der Waals surface area contributed by atoms with Gasteiger partial charge in [0.25, 0.3) is 0 Å². The molecule has 2 fully saturated rings. The lowest BCUT2D eigenvalue weighted by Gasteiger charge is -2.58. The van der Waals surface area contributed by atoms with E-state index in [1.165, 1.54) is 24.8 Å². The van der Waals surface area contributed by atoms with Gasteiger partial charge in [-0.1, -0.05) is 32.9 Å². The first-order chi connectivity index (χ1) is 10.8. The molecule has 23 heavy (non-hydrogen) atoms. The van der Waals surface area contributed by atoms with Gasteiger partial charge in [0.15, 0.2) is 0 Å². The van der Waals surface area contributed by atoms with Crippen LogP contribution < -0.4 is 0 Å². The molecule has 0 aromatic rings. The van der Waals surface area contributed by atoms with Crippen LogP contribution in [0.25, 0.3) is 0 Å². The third kappa shape index (κ3) is 3.23. The minimum absolute atomic E-state index is 0.0102. The molecule has 2 saturated carbocycles. The van der Waals surface area contributed by atoms with Crippen LogP contribution in [0, 0.1) is 22.7 Å². The van der Waals surface area contributed by atoms with Gasteiger partial charge in [-0.3, -0.25) is 0 Å². The minimum atomic E-state index is -0.175. The van der Waals surface area contributed by atoms with E-state index in [4.69, 9.17) is 5.11 Å². The van der Waals surface area contributed by atoms with Crippen molar-refractivity contribution in [2.24, 2.45) is 22.7 Å². The smallest absolute Gasteiger partial charge is 0.0944 e. The topological polar surface area (TPSA) is 60.7 Å². The largest absolute Gasteiger partial charge is 0.512 e. The maximum Gasteiger partial charge on any atom is 0.0944 e. The summed E-state index contributed by atoms with van der Waals surface area (Å²) in [6, 6.07) is 0. The molecule has 0 radical (unpaired) electrons. The number of hydrogen-bond donors (Lipinski definition) is 3. The zero-order valence-corrected chi connectivity index (χ0v) is 15.1. The zero-order valence-electron chi connectivity index (χ0n) is 15.1. The molecule has 0 heterocycles. The van der Waals surface area contributed by atoms with Crippen molar-refractivity contribution in [1.82, 2.24) is 0 Å². The van der Waals surface area contributed by atoms with Gasteiger partial charge in [-0.25, -0.2) is 0 Å². The number of aliphatic hydroxyl groups is 3. The summed E-state index contributed by atoms with van der Waals surface area (Å²) in [6.45, 7) is 11.1. The number of fused-ring (bicyclic) bond motifs is 1. The van der Waals surface area contributed by atoms with Crippen molar-refractivity contribution in [1.29, 1.82) is 0 Å². The van der Waals surface area contributed by atoms with E-state index in [0.29, 0.717) is 30.3 Å². The average molecular weight is 322 g/mol. The summed E-state index contributed by atoms with van der Waals surface area (Å²) in [5.41, 5.74) is 2.16. The Hall–Kier alpha value is -0.800. The fraction of sp³-hybridized carbons (Fsp3) is 0.800. The summed E-state index contributed by atoms with van der Waals surface area (Å²) in [5, 5.41) is 29.2. The summed E-state index contributed by atoms with van der Waals surface area (Å²) in [6.07, 6.45) is 6.81. The van der Waals surface area contributed by atoms with Gasteiger partial charge in [0.05, 0.1) is 12.4 Å². The van der Waals surface area contributed by atoms with Crippen molar-refractivity contribution in [2.75, 3.05) is 13.2 Å². The average Bonchev–Trinajstić information content (AvgIpc) is 2.51. The van der Waals surface area contributed by atoms with Crippen LogP contribution in [0.15, 0.2) is 23.5 Å². The molecule has 2 aliphatic rings. The number of allylic oxidation sites excluding steroid dienone is 2. The van der Waals surface area contributed by atoms with E-state index in [2.05, 4.69) is 27.4 Å². The van der Waals surface area contributed by atoms with Gasteiger partial charge in [0.2, 0.25) is 0 Å². The standard InChI is InChI=1S/C20H34O3/c1-14-6-5-7-18-19(14,3)10-8-15(2)20(18,4)12-17(23)16(13-22)9-11-21/h15,18,21-23H,1,5-13H2,2-4H3/b17-16-. The maximum atomic E-state index is 10.6. The van der Waals surface area contributed by atoms with Crippen molar-refractivity contribution in [3.05, 3.63) is 23.5 Å². The molecule has 0 amide bonds. The first-order valence-corrected chi connectivity index (χ1v) is 9.09. The highest BCUT2D eigenvalue weighted by Gasteiger charge is 2.54. The Morgan fingerprint density at radius 1 is 1.26 bits per heavy atom. The highest BCUT2D eigenvalue weighted by molar-refractivity contribution is 5.21. The number of hydrogen-bond acceptors (Lipinski definition) is 3. The van der Waals surface area contributed by atoms with E-state index >= 15 is 0 Å². The predicted molar refractivity (Wildman–Crippen MR) is 94.2 cm³/mol. The quantitative estimate of drug-likeness (QED) is 0.520. The molecule has 2 aliphatic carbocycles. The summed E-state index contributed by atoms with van der Waals surface area (Å²) in [4.78, 5) is 0. The number of rotatable bonds is 5. The Morgan fingerprint density at radius 2 is 1.96 bits per heavy atom. The van der Waals surface area contributed by atoms with E-state index in [-0.39, 0.29) is 29.8 Å². The van der Waals surface area contributed by atoms with Crippen LogP contribution in [-0.4, -0.2) is 28.5 Å². The van der Waals surface area contributed by atoms with E-state index in [0.717, 1.165) is 12.8 Å².